The first kappa shape index (κ1) is 21.4. The van der Waals surface area contributed by atoms with Gasteiger partial charge in [-0.2, -0.15) is 24.9 Å². The topological polar surface area (TPSA) is 36.4 Å². The van der Waals surface area contributed by atoms with Crippen LogP contribution in [0.4, 0.5) is 13.2 Å². The predicted molar refractivity (Wildman–Crippen MR) is 87.7 cm³/mol. The van der Waals surface area contributed by atoms with Crippen molar-refractivity contribution < 1.29 is 13.2 Å². The van der Waals surface area contributed by atoms with Crippen LogP contribution < -0.4 is 10.6 Å². The summed E-state index contributed by atoms with van der Waals surface area (Å²) in [5.74, 6) is 1.55. The van der Waals surface area contributed by atoms with Gasteiger partial charge in [-0.25, -0.2) is 0 Å². The van der Waals surface area contributed by atoms with E-state index in [1.165, 1.54) is 0 Å². The third-order valence-corrected chi connectivity index (χ3v) is 2.77. The van der Waals surface area contributed by atoms with Gasteiger partial charge in [-0.15, -0.1) is 24.0 Å². The fourth-order valence-corrected chi connectivity index (χ4v) is 1.71. The molecule has 19 heavy (non-hydrogen) atoms. The van der Waals surface area contributed by atoms with Gasteiger partial charge < -0.3 is 10.6 Å². The van der Waals surface area contributed by atoms with Crippen LogP contribution in [0, 0.1) is 0 Å². The standard InChI is InChI=1S/C11H22F3N3S.HI/c1-3-15-10(16-7-4-5-9-18-2)17-8-6-11(12,13)14;/h3-9H2,1-2H3,(H2,15,16,17);1H. The zero-order valence-electron chi connectivity index (χ0n) is 11.3. The van der Waals surface area contributed by atoms with Crippen molar-refractivity contribution in [3.63, 3.8) is 0 Å². The van der Waals surface area contributed by atoms with Crippen LogP contribution in [-0.2, 0) is 0 Å². The number of nitrogens with zero attached hydrogens (tertiary/aromatic N) is 1. The highest BCUT2D eigenvalue weighted by Gasteiger charge is 2.26. The van der Waals surface area contributed by atoms with E-state index in [0.717, 1.165) is 18.6 Å². The van der Waals surface area contributed by atoms with Crippen LogP contribution in [0.3, 0.4) is 0 Å². The van der Waals surface area contributed by atoms with E-state index in [0.29, 0.717) is 19.0 Å². The molecule has 0 bridgehead atoms. The van der Waals surface area contributed by atoms with Crippen LogP contribution in [0.15, 0.2) is 4.99 Å². The first-order valence-electron chi connectivity index (χ1n) is 6.07. The molecule has 0 unspecified atom stereocenters. The molecule has 0 radical (unpaired) electrons. The summed E-state index contributed by atoms with van der Waals surface area (Å²) >= 11 is 1.78. The molecule has 0 amide bonds. The summed E-state index contributed by atoms with van der Waals surface area (Å²) in [4.78, 5) is 4.22. The minimum absolute atomic E-state index is 0. The molecule has 0 rings (SSSR count). The third-order valence-electron chi connectivity index (χ3n) is 2.07. The first-order valence-corrected chi connectivity index (χ1v) is 7.47. The highest BCUT2D eigenvalue weighted by molar-refractivity contribution is 14.0. The monoisotopic (exact) mass is 413 g/mol. The third kappa shape index (κ3) is 16.1. The Balaban J connectivity index is 0. The summed E-state index contributed by atoms with van der Waals surface area (Å²) in [7, 11) is 0. The van der Waals surface area contributed by atoms with Crippen molar-refractivity contribution in [2.75, 3.05) is 31.6 Å². The van der Waals surface area contributed by atoms with Crippen molar-refractivity contribution in [3.8, 4) is 0 Å². The lowest BCUT2D eigenvalue weighted by atomic mass is 10.3. The summed E-state index contributed by atoms with van der Waals surface area (Å²) < 4.78 is 35.9. The Morgan fingerprint density at radius 1 is 1.21 bits per heavy atom. The number of hydrogen-bond donors (Lipinski definition) is 2. The van der Waals surface area contributed by atoms with Gasteiger partial charge in [0.15, 0.2) is 5.96 Å². The van der Waals surface area contributed by atoms with E-state index in [-0.39, 0.29) is 30.5 Å². The van der Waals surface area contributed by atoms with Gasteiger partial charge in [0.25, 0.3) is 0 Å². The maximum Gasteiger partial charge on any atom is 0.390 e. The van der Waals surface area contributed by atoms with E-state index in [9.17, 15) is 13.2 Å². The van der Waals surface area contributed by atoms with Crippen LogP contribution in [-0.4, -0.2) is 43.8 Å². The number of thioether (sulfide) groups is 1. The zero-order chi connectivity index (χ0) is 13.9. The molecule has 0 aromatic rings. The van der Waals surface area contributed by atoms with Gasteiger partial charge in [-0.05, 0) is 31.8 Å². The van der Waals surface area contributed by atoms with Crippen molar-refractivity contribution in [3.05, 3.63) is 0 Å². The molecule has 0 aliphatic rings. The molecule has 0 atom stereocenters. The smallest absolute Gasteiger partial charge is 0.357 e. The van der Waals surface area contributed by atoms with Crippen molar-refractivity contribution >= 4 is 41.7 Å². The predicted octanol–water partition coefficient (Wildman–Crippen LogP) is 3.26. The van der Waals surface area contributed by atoms with Crippen LogP contribution in [0.2, 0.25) is 0 Å². The van der Waals surface area contributed by atoms with Gasteiger partial charge in [0.1, 0.15) is 0 Å². The molecule has 0 saturated carbocycles. The number of nitrogens with one attached hydrogen (secondary N) is 2. The SMILES string of the molecule is CCNC(=NCCCCSC)NCCC(F)(F)F.I. The number of halogens is 4. The van der Waals surface area contributed by atoms with Crippen LogP contribution in [0.5, 0.6) is 0 Å². The van der Waals surface area contributed by atoms with Gasteiger partial charge in [-0.1, -0.05) is 0 Å². The van der Waals surface area contributed by atoms with Crippen LogP contribution in [0.25, 0.3) is 0 Å². The maximum atomic E-state index is 12.0. The van der Waals surface area contributed by atoms with Crippen molar-refractivity contribution in [1.29, 1.82) is 0 Å². The minimum Gasteiger partial charge on any atom is -0.357 e. The Bertz CT molecular complexity index is 238. The lowest BCUT2D eigenvalue weighted by Gasteiger charge is -2.12. The van der Waals surface area contributed by atoms with E-state index >= 15 is 0 Å². The van der Waals surface area contributed by atoms with Crippen LogP contribution in [0.1, 0.15) is 26.2 Å². The quantitative estimate of drug-likeness (QED) is 0.278. The van der Waals surface area contributed by atoms with E-state index in [4.69, 9.17) is 0 Å². The van der Waals surface area contributed by atoms with Crippen molar-refractivity contribution in [2.24, 2.45) is 4.99 Å². The van der Waals surface area contributed by atoms with Gasteiger partial charge in [-0.3, -0.25) is 4.99 Å². The van der Waals surface area contributed by atoms with Crippen molar-refractivity contribution in [2.45, 2.75) is 32.4 Å². The zero-order valence-corrected chi connectivity index (χ0v) is 14.5. The molecule has 0 fully saturated rings. The molecular weight excluding hydrogens is 390 g/mol. The number of rotatable bonds is 8. The Hall–Kier alpha value is 0.140. The van der Waals surface area contributed by atoms with Gasteiger partial charge in [0.05, 0.1) is 6.42 Å². The minimum atomic E-state index is -4.12. The molecule has 0 aliphatic heterocycles. The Labute approximate surface area is 134 Å². The van der Waals surface area contributed by atoms with E-state index in [1.54, 1.807) is 11.8 Å². The number of hydrogen-bond acceptors (Lipinski definition) is 2. The average molecular weight is 413 g/mol. The number of alkyl halides is 3. The summed E-state index contributed by atoms with van der Waals surface area (Å²) in [6.45, 7) is 3.03. The van der Waals surface area contributed by atoms with Gasteiger partial charge in [0.2, 0.25) is 0 Å². The summed E-state index contributed by atoms with van der Waals surface area (Å²) in [5.41, 5.74) is 0. The average Bonchev–Trinajstić information content (AvgIpc) is 2.27. The number of unbranched alkanes of at least 4 members (excludes halogenated alkanes) is 1. The summed E-state index contributed by atoms with van der Waals surface area (Å²) in [6, 6.07) is 0. The Kier molecular flexibility index (Phi) is 14.8. The molecule has 8 heteroatoms. The molecule has 2 N–H and O–H groups in total. The highest BCUT2D eigenvalue weighted by atomic mass is 127. The van der Waals surface area contributed by atoms with E-state index in [1.807, 2.05) is 13.2 Å². The molecule has 0 aliphatic carbocycles. The molecule has 3 nitrogen and oxygen atoms in total. The maximum absolute atomic E-state index is 12.0. The second-order valence-electron chi connectivity index (χ2n) is 3.75. The van der Waals surface area contributed by atoms with Gasteiger partial charge >= 0.3 is 6.18 Å². The number of aliphatic imine (C=N–C) groups is 1. The fourth-order valence-electron chi connectivity index (χ4n) is 1.21. The second kappa shape index (κ2) is 13.1. The molecular formula is C11H23F3IN3S. The van der Waals surface area contributed by atoms with Crippen LogP contribution >= 0.6 is 35.7 Å². The Morgan fingerprint density at radius 2 is 1.89 bits per heavy atom. The molecule has 116 valence electrons. The molecule has 0 aromatic heterocycles. The van der Waals surface area contributed by atoms with E-state index < -0.39 is 12.6 Å². The van der Waals surface area contributed by atoms with E-state index in [2.05, 4.69) is 15.6 Å². The fraction of sp³-hybridized carbons (Fsp3) is 0.909. The van der Waals surface area contributed by atoms with Gasteiger partial charge in [0, 0.05) is 19.6 Å². The largest absolute Gasteiger partial charge is 0.390 e. The molecule has 0 spiro atoms. The lowest BCUT2D eigenvalue weighted by molar-refractivity contribution is -0.132. The summed E-state index contributed by atoms with van der Waals surface area (Å²) in [6.07, 6.45) is -0.887. The molecule has 0 heterocycles. The number of guanidine groups is 1. The Morgan fingerprint density at radius 3 is 2.42 bits per heavy atom. The van der Waals surface area contributed by atoms with Crippen molar-refractivity contribution in [1.82, 2.24) is 10.6 Å². The second-order valence-corrected chi connectivity index (χ2v) is 4.74. The lowest BCUT2D eigenvalue weighted by Crippen LogP contribution is -2.39. The highest BCUT2D eigenvalue weighted by Crippen LogP contribution is 2.17. The molecule has 0 saturated heterocycles. The normalized spacial score (nSPS) is 11.9. The molecule has 0 aromatic carbocycles. The first-order chi connectivity index (χ1) is 8.49. The summed E-state index contributed by atoms with van der Waals surface area (Å²) in [5, 5.41) is 5.61.